The summed E-state index contributed by atoms with van der Waals surface area (Å²) in [5.41, 5.74) is 6.24. The van der Waals surface area contributed by atoms with Crippen molar-refractivity contribution in [3.63, 3.8) is 0 Å². The van der Waals surface area contributed by atoms with Crippen LogP contribution in [0.4, 0.5) is 0 Å². The molecule has 0 spiro atoms. The van der Waals surface area contributed by atoms with E-state index in [-0.39, 0.29) is 12.3 Å². The van der Waals surface area contributed by atoms with E-state index in [1.165, 1.54) is 32.7 Å². The smallest absolute Gasteiger partial charge is 0.303 e. The molecule has 0 aliphatic rings. The molecule has 4 heteroatoms. The van der Waals surface area contributed by atoms with E-state index in [9.17, 15) is 9.90 Å². The minimum atomic E-state index is -0.735. The van der Waals surface area contributed by atoms with Crippen molar-refractivity contribution < 1.29 is 9.90 Å². The van der Waals surface area contributed by atoms with Crippen molar-refractivity contribution in [3.05, 3.63) is 69.2 Å². The van der Waals surface area contributed by atoms with Gasteiger partial charge in [-0.1, -0.05) is 80.2 Å². The van der Waals surface area contributed by atoms with Crippen molar-refractivity contribution in [2.24, 2.45) is 5.92 Å². The number of aliphatic carboxylic acids is 1. The van der Waals surface area contributed by atoms with Crippen LogP contribution in [0.3, 0.4) is 0 Å². The Balaban J connectivity index is 2.72. The van der Waals surface area contributed by atoms with Gasteiger partial charge < -0.3 is 5.11 Å². The fraction of sp³-hybridized carbons (Fsp3) is 0.444. The van der Waals surface area contributed by atoms with Gasteiger partial charge in [0.05, 0.1) is 6.42 Å². The summed E-state index contributed by atoms with van der Waals surface area (Å²) in [6.07, 6.45) is 3.14. The molecule has 0 unspecified atom stereocenters. The molecule has 31 heavy (non-hydrogen) atoms. The Morgan fingerprint density at radius 1 is 1.13 bits per heavy atom. The van der Waals surface area contributed by atoms with Gasteiger partial charge in [0.1, 0.15) is 0 Å². The van der Waals surface area contributed by atoms with Crippen LogP contribution in [0, 0.1) is 19.8 Å². The number of allylic oxidation sites excluding steroid dienone is 1. The fourth-order valence-electron chi connectivity index (χ4n) is 4.03. The van der Waals surface area contributed by atoms with Crippen molar-refractivity contribution in [2.45, 2.75) is 78.0 Å². The van der Waals surface area contributed by atoms with E-state index in [2.05, 4.69) is 53.7 Å². The van der Waals surface area contributed by atoms with Gasteiger partial charge in [-0.2, -0.15) is 0 Å². The molecule has 0 saturated carbocycles. The summed E-state index contributed by atoms with van der Waals surface area (Å²) in [7, 11) is 0. The molecular weight excluding hydrogens is 424 g/mol. The van der Waals surface area contributed by atoms with E-state index in [1.807, 2.05) is 24.3 Å². The number of benzene rings is 2. The maximum absolute atomic E-state index is 11.7. The van der Waals surface area contributed by atoms with Crippen molar-refractivity contribution in [1.82, 2.24) is 0 Å². The third-order valence-corrected chi connectivity index (χ3v) is 7.18. The second kappa shape index (κ2) is 11.8. The Labute approximate surface area is 197 Å². The molecule has 0 aromatic heterocycles. The van der Waals surface area contributed by atoms with Gasteiger partial charge in [-0.3, -0.25) is 4.79 Å². The van der Waals surface area contributed by atoms with Crippen LogP contribution in [0.25, 0.3) is 4.91 Å². The number of unbranched alkanes of at least 4 members (excludes halogenated alkanes) is 1. The Morgan fingerprint density at radius 2 is 1.77 bits per heavy atom. The van der Waals surface area contributed by atoms with Crippen LogP contribution >= 0.6 is 23.4 Å². The van der Waals surface area contributed by atoms with E-state index in [1.54, 1.807) is 11.8 Å². The molecule has 0 saturated heterocycles. The van der Waals surface area contributed by atoms with Crippen LogP contribution in [-0.2, 0) is 4.79 Å². The fourth-order valence-corrected chi connectivity index (χ4v) is 5.38. The second-order valence-corrected chi connectivity index (χ2v) is 10.2. The number of halogens is 1. The summed E-state index contributed by atoms with van der Waals surface area (Å²) < 4.78 is 0. The number of hydrogen-bond acceptors (Lipinski definition) is 2. The Hall–Kier alpha value is -1.71. The standard InChI is InChI=1S/C27H35ClO2S/c1-7-8-9-21(16-25(29)30)20(6)27(31-23-12-10-22(28)11-13-23)26-19(5)14-18(4)15-24(26)17(2)3/h10-15,17,21H,7-9,16H2,1-6H3,(H,29,30)/b27-20-/t21-/m1/s1. The third kappa shape index (κ3) is 7.15. The van der Waals surface area contributed by atoms with Gasteiger partial charge in [0.15, 0.2) is 0 Å². The maximum atomic E-state index is 11.7. The summed E-state index contributed by atoms with van der Waals surface area (Å²) in [5, 5.41) is 10.3. The molecule has 0 amide bonds. The molecule has 168 valence electrons. The number of carboxylic acid groups (broad SMARTS) is 1. The summed E-state index contributed by atoms with van der Waals surface area (Å²) in [6, 6.07) is 12.4. The molecule has 1 atom stereocenters. The number of thioether (sulfide) groups is 1. The summed E-state index contributed by atoms with van der Waals surface area (Å²) in [6.45, 7) is 13.0. The predicted octanol–water partition coefficient (Wildman–Crippen LogP) is 8.88. The highest BCUT2D eigenvalue weighted by molar-refractivity contribution is 8.08. The van der Waals surface area contributed by atoms with Crippen LogP contribution in [-0.4, -0.2) is 11.1 Å². The first kappa shape index (κ1) is 25.5. The number of rotatable bonds is 10. The molecule has 2 rings (SSSR count). The number of carboxylic acids is 1. The largest absolute Gasteiger partial charge is 0.481 e. The monoisotopic (exact) mass is 458 g/mol. The van der Waals surface area contributed by atoms with Crippen LogP contribution in [0.1, 0.15) is 81.5 Å². The number of hydrogen-bond donors (Lipinski definition) is 1. The van der Waals surface area contributed by atoms with Gasteiger partial charge >= 0.3 is 5.97 Å². The second-order valence-electron chi connectivity index (χ2n) is 8.71. The molecule has 0 fully saturated rings. The van der Waals surface area contributed by atoms with Gasteiger partial charge in [0, 0.05) is 14.8 Å². The molecule has 0 bridgehead atoms. The lowest BCUT2D eigenvalue weighted by Crippen LogP contribution is -2.11. The molecule has 1 N–H and O–H groups in total. The first-order valence-corrected chi connectivity index (χ1v) is 12.3. The van der Waals surface area contributed by atoms with Gasteiger partial charge in [-0.25, -0.2) is 0 Å². The summed E-state index contributed by atoms with van der Waals surface area (Å²) >= 11 is 7.84. The van der Waals surface area contributed by atoms with Crippen molar-refractivity contribution in [1.29, 1.82) is 0 Å². The zero-order valence-electron chi connectivity index (χ0n) is 19.6. The molecule has 0 radical (unpaired) electrons. The third-order valence-electron chi connectivity index (χ3n) is 5.69. The Morgan fingerprint density at radius 3 is 2.32 bits per heavy atom. The normalized spacial score (nSPS) is 13.3. The Bertz CT molecular complexity index is 929. The van der Waals surface area contributed by atoms with Crippen LogP contribution in [0.5, 0.6) is 0 Å². The molecule has 2 aromatic rings. The summed E-state index contributed by atoms with van der Waals surface area (Å²) in [5.74, 6) is -0.343. The zero-order valence-corrected chi connectivity index (χ0v) is 21.2. The van der Waals surface area contributed by atoms with Crippen LogP contribution in [0.15, 0.2) is 46.9 Å². The lowest BCUT2D eigenvalue weighted by molar-refractivity contribution is -0.137. The van der Waals surface area contributed by atoms with Gasteiger partial charge in [0.25, 0.3) is 0 Å². The average Bonchev–Trinajstić information content (AvgIpc) is 2.70. The molecule has 0 aliphatic heterocycles. The zero-order chi connectivity index (χ0) is 23.1. The molecule has 0 aliphatic carbocycles. The molecule has 0 heterocycles. The molecule has 2 aromatic carbocycles. The number of aryl methyl sites for hydroxylation is 2. The van der Waals surface area contributed by atoms with Gasteiger partial charge in [0.2, 0.25) is 0 Å². The SMILES string of the molecule is CCCC[C@H](CC(=O)O)/C(C)=C(\Sc1ccc(Cl)cc1)c1c(C)cc(C)cc1C(C)C. The van der Waals surface area contributed by atoms with Crippen molar-refractivity contribution >= 4 is 34.2 Å². The predicted molar refractivity (Wildman–Crippen MR) is 135 cm³/mol. The minimum absolute atomic E-state index is 0.0213. The van der Waals surface area contributed by atoms with E-state index in [0.717, 1.165) is 24.2 Å². The quantitative estimate of drug-likeness (QED) is 0.361. The van der Waals surface area contributed by atoms with E-state index < -0.39 is 5.97 Å². The van der Waals surface area contributed by atoms with E-state index in [4.69, 9.17) is 11.6 Å². The highest BCUT2D eigenvalue weighted by Gasteiger charge is 2.23. The number of carbonyl (C=O) groups is 1. The average molecular weight is 459 g/mol. The lowest BCUT2D eigenvalue weighted by atomic mass is 9.86. The van der Waals surface area contributed by atoms with Gasteiger partial charge in [-0.15, -0.1) is 0 Å². The molecule has 2 nitrogen and oxygen atoms in total. The lowest BCUT2D eigenvalue weighted by Gasteiger charge is -2.25. The summed E-state index contributed by atoms with van der Waals surface area (Å²) in [4.78, 5) is 14.0. The topological polar surface area (TPSA) is 37.3 Å². The minimum Gasteiger partial charge on any atom is -0.481 e. The highest BCUT2D eigenvalue weighted by atomic mass is 35.5. The maximum Gasteiger partial charge on any atom is 0.303 e. The van der Waals surface area contributed by atoms with Crippen LogP contribution in [0.2, 0.25) is 5.02 Å². The Kier molecular flexibility index (Phi) is 9.71. The van der Waals surface area contributed by atoms with Crippen LogP contribution < -0.4 is 0 Å². The van der Waals surface area contributed by atoms with E-state index >= 15 is 0 Å². The van der Waals surface area contributed by atoms with Crippen molar-refractivity contribution in [3.8, 4) is 0 Å². The highest BCUT2D eigenvalue weighted by Crippen LogP contribution is 2.44. The first-order chi connectivity index (χ1) is 14.6. The molecular formula is C27H35ClO2S. The van der Waals surface area contributed by atoms with Gasteiger partial charge in [-0.05, 0) is 80.0 Å². The first-order valence-electron chi connectivity index (χ1n) is 11.1. The van der Waals surface area contributed by atoms with Crippen molar-refractivity contribution in [2.75, 3.05) is 0 Å². The van der Waals surface area contributed by atoms with E-state index in [0.29, 0.717) is 10.9 Å².